The van der Waals surface area contributed by atoms with E-state index in [1.54, 1.807) is 7.11 Å². The number of benzene rings is 2. The molecular formula is C22H25NO3. The van der Waals surface area contributed by atoms with Crippen LogP contribution in [0.25, 0.3) is 0 Å². The molecule has 4 rings (SSSR count). The van der Waals surface area contributed by atoms with Gasteiger partial charge < -0.3 is 19.9 Å². The van der Waals surface area contributed by atoms with Crippen LogP contribution in [0.15, 0.2) is 48.6 Å². The SMILES string of the molecule is COc1ccc(C2Nc3ccc(OC(C)C)cc3C3C=CCC32)cc1O. The molecule has 3 unspecified atom stereocenters. The van der Waals surface area contributed by atoms with E-state index in [0.29, 0.717) is 17.6 Å². The summed E-state index contributed by atoms with van der Waals surface area (Å²) in [4.78, 5) is 0. The lowest BCUT2D eigenvalue weighted by molar-refractivity contribution is 0.242. The number of ether oxygens (including phenoxy) is 2. The van der Waals surface area contributed by atoms with Crippen molar-refractivity contribution in [3.8, 4) is 17.2 Å². The summed E-state index contributed by atoms with van der Waals surface area (Å²) in [6, 6.07) is 12.1. The van der Waals surface area contributed by atoms with Crippen molar-refractivity contribution in [2.24, 2.45) is 5.92 Å². The van der Waals surface area contributed by atoms with Crippen molar-refractivity contribution in [3.05, 3.63) is 59.7 Å². The average molecular weight is 351 g/mol. The first-order valence-electron chi connectivity index (χ1n) is 9.17. The predicted octanol–water partition coefficient (Wildman–Crippen LogP) is 5.01. The van der Waals surface area contributed by atoms with Gasteiger partial charge in [-0.25, -0.2) is 0 Å². The van der Waals surface area contributed by atoms with E-state index in [1.165, 1.54) is 5.56 Å². The first-order chi connectivity index (χ1) is 12.6. The second-order valence-electron chi connectivity index (χ2n) is 7.32. The van der Waals surface area contributed by atoms with Crippen molar-refractivity contribution >= 4 is 5.69 Å². The third-order valence-corrected chi connectivity index (χ3v) is 5.27. The molecule has 0 aromatic heterocycles. The highest BCUT2D eigenvalue weighted by molar-refractivity contribution is 5.62. The summed E-state index contributed by atoms with van der Waals surface area (Å²) in [5.41, 5.74) is 3.50. The molecule has 1 aliphatic carbocycles. The van der Waals surface area contributed by atoms with Crippen LogP contribution in [0.3, 0.4) is 0 Å². The zero-order chi connectivity index (χ0) is 18.3. The van der Waals surface area contributed by atoms with Crippen LogP contribution in [0, 0.1) is 5.92 Å². The van der Waals surface area contributed by atoms with Gasteiger partial charge in [0.15, 0.2) is 11.5 Å². The summed E-state index contributed by atoms with van der Waals surface area (Å²) >= 11 is 0. The summed E-state index contributed by atoms with van der Waals surface area (Å²) in [6.45, 7) is 4.09. The normalized spacial score (nSPS) is 23.3. The Morgan fingerprint density at radius 2 is 2.00 bits per heavy atom. The minimum atomic E-state index is 0.149. The maximum Gasteiger partial charge on any atom is 0.160 e. The van der Waals surface area contributed by atoms with Crippen LogP contribution >= 0.6 is 0 Å². The summed E-state index contributed by atoms with van der Waals surface area (Å²) in [7, 11) is 1.57. The molecule has 2 aromatic rings. The highest BCUT2D eigenvalue weighted by Crippen LogP contribution is 2.51. The number of allylic oxidation sites excluding steroid dienone is 2. The molecule has 0 spiro atoms. The van der Waals surface area contributed by atoms with Gasteiger partial charge in [-0.2, -0.15) is 0 Å². The lowest BCUT2D eigenvalue weighted by Gasteiger charge is -2.37. The Morgan fingerprint density at radius 1 is 1.15 bits per heavy atom. The molecule has 0 saturated heterocycles. The zero-order valence-electron chi connectivity index (χ0n) is 15.4. The summed E-state index contributed by atoms with van der Waals surface area (Å²) in [6.07, 6.45) is 5.75. The molecular weight excluding hydrogens is 326 g/mol. The van der Waals surface area contributed by atoms with Gasteiger partial charge in [0.05, 0.1) is 19.3 Å². The van der Waals surface area contributed by atoms with Gasteiger partial charge in [0.25, 0.3) is 0 Å². The number of rotatable bonds is 4. The summed E-state index contributed by atoms with van der Waals surface area (Å²) < 4.78 is 11.1. The van der Waals surface area contributed by atoms with Crippen molar-refractivity contribution in [1.29, 1.82) is 0 Å². The molecule has 0 fully saturated rings. The summed E-state index contributed by atoms with van der Waals surface area (Å²) in [5.74, 6) is 2.38. The van der Waals surface area contributed by atoms with Gasteiger partial charge in [-0.05, 0) is 67.6 Å². The highest BCUT2D eigenvalue weighted by Gasteiger charge is 2.38. The van der Waals surface area contributed by atoms with Gasteiger partial charge in [-0.1, -0.05) is 18.2 Å². The van der Waals surface area contributed by atoms with Crippen molar-refractivity contribution in [2.45, 2.75) is 38.3 Å². The number of aromatic hydroxyl groups is 1. The Bertz CT molecular complexity index is 843. The first kappa shape index (κ1) is 16.8. The molecule has 4 nitrogen and oxygen atoms in total. The second kappa shape index (κ2) is 6.60. The van der Waals surface area contributed by atoms with E-state index in [4.69, 9.17) is 9.47 Å². The molecule has 4 heteroatoms. The fourth-order valence-corrected chi connectivity index (χ4v) is 4.15. The van der Waals surface area contributed by atoms with E-state index in [0.717, 1.165) is 23.4 Å². The number of fused-ring (bicyclic) bond motifs is 3. The van der Waals surface area contributed by atoms with Gasteiger partial charge in [-0.15, -0.1) is 0 Å². The van der Waals surface area contributed by atoms with E-state index >= 15 is 0 Å². The lowest BCUT2D eigenvalue weighted by Crippen LogP contribution is -2.29. The predicted molar refractivity (Wildman–Crippen MR) is 103 cm³/mol. The maximum atomic E-state index is 10.2. The Balaban J connectivity index is 1.70. The van der Waals surface area contributed by atoms with Gasteiger partial charge in [0, 0.05) is 11.6 Å². The Hall–Kier alpha value is -2.62. The third-order valence-electron chi connectivity index (χ3n) is 5.27. The first-order valence-corrected chi connectivity index (χ1v) is 9.17. The standard InChI is InChI=1S/C22H25NO3/c1-13(2)26-15-8-9-19-18(12-15)16-5-4-6-17(16)22(23-19)14-7-10-21(25-3)20(24)11-14/h4-5,7-13,16-17,22-24H,6H2,1-3H3. The van der Waals surface area contributed by atoms with Crippen LogP contribution in [0.4, 0.5) is 5.69 Å². The molecule has 0 saturated carbocycles. The Kier molecular flexibility index (Phi) is 4.27. The van der Waals surface area contributed by atoms with Crippen molar-refractivity contribution < 1.29 is 14.6 Å². The van der Waals surface area contributed by atoms with Gasteiger partial charge >= 0.3 is 0 Å². The van der Waals surface area contributed by atoms with Crippen LogP contribution < -0.4 is 14.8 Å². The molecule has 0 bridgehead atoms. The average Bonchev–Trinajstić information content (AvgIpc) is 3.10. The van der Waals surface area contributed by atoms with Gasteiger partial charge in [0.2, 0.25) is 0 Å². The highest BCUT2D eigenvalue weighted by atomic mass is 16.5. The van der Waals surface area contributed by atoms with Crippen LogP contribution in [0.1, 0.15) is 43.4 Å². The molecule has 26 heavy (non-hydrogen) atoms. The molecule has 3 atom stereocenters. The smallest absolute Gasteiger partial charge is 0.160 e. The lowest BCUT2D eigenvalue weighted by atomic mass is 9.77. The van der Waals surface area contributed by atoms with Crippen molar-refractivity contribution in [1.82, 2.24) is 0 Å². The van der Waals surface area contributed by atoms with Crippen LogP contribution in [-0.2, 0) is 0 Å². The Labute approximate surface area is 154 Å². The van der Waals surface area contributed by atoms with Crippen molar-refractivity contribution in [2.75, 3.05) is 12.4 Å². The van der Waals surface area contributed by atoms with Crippen LogP contribution in [0.5, 0.6) is 17.2 Å². The van der Waals surface area contributed by atoms with E-state index < -0.39 is 0 Å². The van der Waals surface area contributed by atoms with E-state index in [-0.39, 0.29) is 17.9 Å². The third kappa shape index (κ3) is 2.90. The maximum absolute atomic E-state index is 10.2. The molecule has 1 heterocycles. The van der Waals surface area contributed by atoms with E-state index in [1.807, 2.05) is 38.1 Å². The summed E-state index contributed by atoms with van der Waals surface area (Å²) in [5, 5.41) is 13.9. The number of methoxy groups -OCH3 is 1. The number of hydrogen-bond donors (Lipinski definition) is 2. The number of anilines is 1. The minimum Gasteiger partial charge on any atom is -0.504 e. The number of hydrogen-bond acceptors (Lipinski definition) is 4. The molecule has 136 valence electrons. The molecule has 2 N–H and O–H groups in total. The van der Waals surface area contributed by atoms with E-state index in [9.17, 15) is 5.11 Å². The van der Waals surface area contributed by atoms with Crippen LogP contribution in [-0.4, -0.2) is 18.3 Å². The topological polar surface area (TPSA) is 50.7 Å². The molecule has 2 aliphatic rings. The van der Waals surface area contributed by atoms with Gasteiger partial charge in [0.1, 0.15) is 5.75 Å². The number of phenolic OH excluding ortho intramolecular Hbond substituents is 1. The van der Waals surface area contributed by atoms with Gasteiger partial charge in [-0.3, -0.25) is 0 Å². The molecule has 1 aliphatic heterocycles. The quantitative estimate of drug-likeness (QED) is 0.760. The number of phenols is 1. The molecule has 0 amide bonds. The number of nitrogens with one attached hydrogen (secondary N) is 1. The fourth-order valence-electron chi connectivity index (χ4n) is 4.15. The Morgan fingerprint density at radius 3 is 2.73 bits per heavy atom. The monoisotopic (exact) mass is 351 g/mol. The fraction of sp³-hybridized carbons (Fsp3) is 0.364. The molecule has 2 aromatic carbocycles. The minimum absolute atomic E-state index is 0.149. The van der Waals surface area contributed by atoms with Crippen molar-refractivity contribution in [3.63, 3.8) is 0 Å². The van der Waals surface area contributed by atoms with E-state index in [2.05, 4.69) is 29.6 Å². The second-order valence-corrected chi connectivity index (χ2v) is 7.32. The largest absolute Gasteiger partial charge is 0.504 e. The zero-order valence-corrected chi connectivity index (χ0v) is 15.4. The van der Waals surface area contributed by atoms with Crippen LogP contribution in [0.2, 0.25) is 0 Å². The molecule has 0 radical (unpaired) electrons.